The first kappa shape index (κ1) is 16.2. The van der Waals surface area contributed by atoms with Gasteiger partial charge in [0.2, 0.25) is 0 Å². The lowest BCUT2D eigenvalue weighted by atomic mass is 9.96. The summed E-state index contributed by atoms with van der Waals surface area (Å²) in [6, 6.07) is 15.7. The molecule has 5 heteroatoms. The van der Waals surface area contributed by atoms with E-state index in [1.54, 1.807) is 11.8 Å². The number of oxazole rings is 1. The molecule has 128 valence electrons. The number of benzene rings is 2. The Morgan fingerprint density at radius 2 is 1.84 bits per heavy atom. The number of likely N-dealkylation sites (tertiary alicyclic amines) is 1. The number of aromatic nitrogens is 1. The molecule has 0 saturated carbocycles. The highest BCUT2D eigenvalue weighted by molar-refractivity contribution is 7.98. The molecule has 4 nitrogen and oxygen atoms in total. The van der Waals surface area contributed by atoms with Crippen LogP contribution in [-0.2, 0) is 0 Å². The largest absolute Gasteiger partial charge is 0.440 e. The maximum atomic E-state index is 12.8. The molecule has 0 spiro atoms. The van der Waals surface area contributed by atoms with Gasteiger partial charge in [-0.05, 0) is 43.4 Å². The molecule has 1 saturated heterocycles. The van der Waals surface area contributed by atoms with Crippen molar-refractivity contribution in [1.82, 2.24) is 9.88 Å². The number of nitrogens with zero attached hydrogens (tertiary/aromatic N) is 2. The molecule has 1 amide bonds. The molecule has 0 N–H and O–H groups in total. The van der Waals surface area contributed by atoms with Crippen molar-refractivity contribution in [3.05, 3.63) is 60.0 Å². The Morgan fingerprint density at radius 3 is 2.60 bits per heavy atom. The minimum atomic E-state index is 0.126. The first-order valence-corrected chi connectivity index (χ1v) is 9.76. The molecular formula is C20H20N2O2S. The third-order valence-electron chi connectivity index (χ3n) is 4.78. The van der Waals surface area contributed by atoms with Crippen LogP contribution in [0.5, 0.6) is 0 Å². The van der Waals surface area contributed by atoms with Crippen molar-refractivity contribution < 1.29 is 9.21 Å². The van der Waals surface area contributed by atoms with Crippen LogP contribution in [0, 0.1) is 0 Å². The highest BCUT2D eigenvalue weighted by Crippen LogP contribution is 2.31. The quantitative estimate of drug-likeness (QED) is 0.648. The summed E-state index contributed by atoms with van der Waals surface area (Å²) in [5.41, 5.74) is 2.55. The Balaban J connectivity index is 1.46. The lowest BCUT2D eigenvalue weighted by Crippen LogP contribution is -2.38. The molecule has 1 fully saturated rings. The van der Waals surface area contributed by atoms with E-state index in [4.69, 9.17) is 4.42 Å². The topological polar surface area (TPSA) is 46.3 Å². The molecule has 4 rings (SSSR count). The van der Waals surface area contributed by atoms with Gasteiger partial charge >= 0.3 is 0 Å². The molecule has 0 radical (unpaired) electrons. The van der Waals surface area contributed by atoms with E-state index < -0.39 is 0 Å². The van der Waals surface area contributed by atoms with Crippen molar-refractivity contribution in [2.75, 3.05) is 19.3 Å². The summed E-state index contributed by atoms with van der Waals surface area (Å²) in [5, 5.41) is 0. The van der Waals surface area contributed by atoms with Crippen LogP contribution >= 0.6 is 11.8 Å². The fourth-order valence-electron chi connectivity index (χ4n) is 3.39. The molecule has 3 aromatic rings. The van der Waals surface area contributed by atoms with E-state index in [9.17, 15) is 4.79 Å². The molecule has 0 bridgehead atoms. The van der Waals surface area contributed by atoms with Crippen LogP contribution in [-0.4, -0.2) is 35.1 Å². The van der Waals surface area contributed by atoms with E-state index in [0.29, 0.717) is 0 Å². The normalized spacial score (nSPS) is 15.6. The lowest BCUT2D eigenvalue weighted by molar-refractivity contribution is 0.0703. The van der Waals surface area contributed by atoms with Gasteiger partial charge in [0.25, 0.3) is 5.91 Å². The molecule has 0 atom stereocenters. The average Bonchev–Trinajstić information content (AvgIpc) is 3.12. The van der Waals surface area contributed by atoms with Gasteiger partial charge in [-0.1, -0.05) is 24.3 Å². The van der Waals surface area contributed by atoms with Gasteiger partial charge in [-0.2, -0.15) is 0 Å². The zero-order valence-corrected chi connectivity index (χ0v) is 15.0. The van der Waals surface area contributed by atoms with Crippen molar-refractivity contribution in [3.63, 3.8) is 0 Å². The number of carbonyl (C=O) groups is 1. The van der Waals surface area contributed by atoms with Gasteiger partial charge < -0.3 is 9.32 Å². The maximum Gasteiger partial charge on any atom is 0.254 e. The SMILES string of the molecule is CSc1ccccc1C(=O)N1CCC(c2nc3ccccc3o2)CC1. The second kappa shape index (κ2) is 6.92. The number of carbonyl (C=O) groups excluding carboxylic acids is 1. The molecule has 1 aromatic heterocycles. The van der Waals surface area contributed by atoms with Gasteiger partial charge in [-0.15, -0.1) is 11.8 Å². The Morgan fingerprint density at radius 1 is 1.12 bits per heavy atom. The fraction of sp³-hybridized carbons (Fsp3) is 0.300. The van der Waals surface area contributed by atoms with Gasteiger partial charge in [-0.25, -0.2) is 4.98 Å². The van der Waals surface area contributed by atoms with Gasteiger partial charge in [0.1, 0.15) is 5.52 Å². The summed E-state index contributed by atoms with van der Waals surface area (Å²) in [4.78, 5) is 20.4. The molecule has 2 heterocycles. The first-order chi connectivity index (χ1) is 12.3. The third kappa shape index (κ3) is 3.16. The summed E-state index contributed by atoms with van der Waals surface area (Å²) in [6.07, 6.45) is 3.78. The number of hydrogen-bond donors (Lipinski definition) is 0. The fourth-order valence-corrected chi connectivity index (χ4v) is 3.98. The van der Waals surface area contributed by atoms with Gasteiger partial charge in [0.15, 0.2) is 11.5 Å². The summed E-state index contributed by atoms with van der Waals surface area (Å²) in [6.45, 7) is 1.48. The van der Waals surface area contributed by atoms with Gasteiger partial charge in [-0.3, -0.25) is 4.79 Å². The predicted octanol–water partition coefficient (Wildman–Crippen LogP) is 4.57. The first-order valence-electron chi connectivity index (χ1n) is 8.54. The molecule has 0 unspecified atom stereocenters. The van der Waals surface area contributed by atoms with Crippen molar-refractivity contribution in [1.29, 1.82) is 0 Å². The average molecular weight is 352 g/mol. The monoisotopic (exact) mass is 352 g/mol. The van der Waals surface area contributed by atoms with Crippen LogP contribution in [0.2, 0.25) is 0 Å². The minimum absolute atomic E-state index is 0.126. The number of rotatable bonds is 3. The molecule has 1 aliphatic heterocycles. The van der Waals surface area contributed by atoms with Crippen LogP contribution in [0.15, 0.2) is 57.8 Å². The summed E-state index contributed by atoms with van der Waals surface area (Å²) < 4.78 is 5.91. The Hall–Kier alpha value is -2.27. The summed E-state index contributed by atoms with van der Waals surface area (Å²) in [7, 11) is 0. The van der Waals surface area contributed by atoms with Crippen molar-refractivity contribution in [2.45, 2.75) is 23.7 Å². The summed E-state index contributed by atoms with van der Waals surface area (Å²) >= 11 is 1.62. The molecule has 25 heavy (non-hydrogen) atoms. The van der Waals surface area contributed by atoms with E-state index >= 15 is 0 Å². The predicted molar refractivity (Wildman–Crippen MR) is 100 cm³/mol. The number of para-hydroxylation sites is 2. The maximum absolute atomic E-state index is 12.8. The Kier molecular flexibility index (Phi) is 4.49. The van der Waals surface area contributed by atoms with Crippen molar-refractivity contribution >= 4 is 28.8 Å². The van der Waals surface area contributed by atoms with Crippen molar-refractivity contribution in [2.24, 2.45) is 0 Å². The number of hydrogen-bond acceptors (Lipinski definition) is 4. The molecular weight excluding hydrogens is 332 g/mol. The van der Waals surface area contributed by atoms with Crippen LogP contribution in [0.3, 0.4) is 0 Å². The Labute approximate surface area is 151 Å². The standard InChI is InChI=1S/C20H20N2O2S/c1-25-18-9-5-2-6-15(18)20(23)22-12-10-14(11-13-22)19-21-16-7-3-4-8-17(16)24-19/h2-9,14H,10-13H2,1H3. The number of piperidine rings is 1. The highest BCUT2D eigenvalue weighted by atomic mass is 32.2. The second-order valence-electron chi connectivity index (χ2n) is 6.29. The van der Waals surface area contributed by atoms with E-state index in [2.05, 4.69) is 4.98 Å². The molecule has 2 aromatic carbocycles. The minimum Gasteiger partial charge on any atom is -0.440 e. The van der Waals surface area contributed by atoms with Crippen LogP contribution < -0.4 is 0 Å². The van der Waals surface area contributed by atoms with Crippen molar-refractivity contribution in [3.8, 4) is 0 Å². The highest BCUT2D eigenvalue weighted by Gasteiger charge is 2.28. The third-order valence-corrected chi connectivity index (χ3v) is 5.58. The second-order valence-corrected chi connectivity index (χ2v) is 7.13. The number of thioether (sulfide) groups is 1. The molecule has 1 aliphatic rings. The van der Waals surface area contributed by atoms with E-state index in [1.165, 1.54) is 0 Å². The molecule has 0 aliphatic carbocycles. The van der Waals surface area contributed by atoms with Crippen LogP contribution in [0.25, 0.3) is 11.1 Å². The van der Waals surface area contributed by atoms with Gasteiger partial charge in [0, 0.05) is 23.9 Å². The zero-order valence-electron chi connectivity index (χ0n) is 14.1. The zero-order chi connectivity index (χ0) is 17.2. The van der Waals surface area contributed by atoms with Gasteiger partial charge in [0.05, 0.1) is 5.56 Å². The summed E-state index contributed by atoms with van der Waals surface area (Å²) in [5.74, 6) is 1.21. The van der Waals surface area contributed by atoms with E-state index in [-0.39, 0.29) is 11.8 Å². The van der Waals surface area contributed by atoms with E-state index in [1.807, 2.05) is 59.7 Å². The number of fused-ring (bicyclic) bond motifs is 1. The Bertz CT molecular complexity index is 864. The van der Waals surface area contributed by atoms with Crippen LogP contribution in [0.4, 0.5) is 0 Å². The van der Waals surface area contributed by atoms with Crippen LogP contribution in [0.1, 0.15) is 35.0 Å². The smallest absolute Gasteiger partial charge is 0.254 e. The number of amides is 1. The lowest BCUT2D eigenvalue weighted by Gasteiger charge is -2.31. The van der Waals surface area contributed by atoms with E-state index in [0.717, 1.165) is 53.4 Å².